The standard InChI is InChI=1S/C11H16N6/c1-6-14-5-7-8(12)15-10(13)16-9(7)17(6)11(2,3)4/h5H,1H2,2-4H3,(H4,12,13,15,16). The summed E-state index contributed by atoms with van der Waals surface area (Å²) >= 11 is 0. The van der Waals surface area contributed by atoms with E-state index >= 15 is 0 Å². The van der Waals surface area contributed by atoms with Crippen molar-refractivity contribution in [2.45, 2.75) is 26.3 Å². The third kappa shape index (κ3) is 1.82. The van der Waals surface area contributed by atoms with Gasteiger partial charge >= 0.3 is 0 Å². The fraction of sp³-hybridized carbons (Fsp3) is 0.364. The van der Waals surface area contributed by atoms with Crippen LogP contribution in [0.25, 0.3) is 0 Å². The summed E-state index contributed by atoms with van der Waals surface area (Å²) in [4.78, 5) is 14.3. The van der Waals surface area contributed by atoms with Gasteiger partial charge in [0.05, 0.1) is 5.56 Å². The maximum Gasteiger partial charge on any atom is 0.223 e. The predicted octanol–water partition coefficient (Wildman–Crippen LogP) is 1.15. The Balaban J connectivity index is 2.68. The lowest BCUT2D eigenvalue weighted by atomic mass is 10.0. The monoisotopic (exact) mass is 232 g/mol. The van der Waals surface area contributed by atoms with E-state index < -0.39 is 0 Å². The topological polar surface area (TPSA) is 93.4 Å². The van der Waals surface area contributed by atoms with Gasteiger partial charge in [-0.3, -0.25) is 0 Å². The number of hydrogen-bond donors (Lipinski definition) is 2. The number of aliphatic imine (C=N–C) groups is 1. The zero-order chi connectivity index (χ0) is 12.8. The third-order valence-corrected chi connectivity index (χ3v) is 2.46. The number of nitrogens with two attached hydrogens (primary N) is 2. The van der Waals surface area contributed by atoms with Crippen LogP contribution >= 0.6 is 0 Å². The summed E-state index contributed by atoms with van der Waals surface area (Å²) in [7, 11) is 0. The van der Waals surface area contributed by atoms with E-state index in [4.69, 9.17) is 11.5 Å². The predicted molar refractivity (Wildman–Crippen MR) is 69.8 cm³/mol. The Labute approximate surface area is 100 Å². The molecule has 0 aliphatic carbocycles. The Morgan fingerprint density at radius 3 is 2.47 bits per heavy atom. The van der Waals surface area contributed by atoms with Crippen LogP contribution in [0.2, 0.25) is 0 Å². The molecule has 0 radical (unpaired) electrons. The van der Waals surface area contributed by atoms with Gasteiger partial charge in [0.25, 0.3) is 0 Å². The molecule has 90 valence electrons. The number of fused-ring (bicyclic) bond motifs is 1. The minimum atomic E-state index is -0.211. The molecule has 17 heavy (non-hydrogen) atoms. The summed E-state index contributed by atoms with van der Waals surface area (Å²) in [6, 6.07) is 0. The van der Waals surface area contributed by atoms with E-state index in [1.165, 1.54) is 0 Å². The fourth-order valence-corrected chi connectivity index (χ4v) is 1.81. The van der Waals surface area contributed by atoms with Gasteiger partial charge in [-0.2, -0.15) is 9.97 Å². The average molecular weight is 232 g/mol. The minimum absolute atomic E-state index is 0.151. The van der Waals surface area contributed by atoms with Crippen LogP contribution in [0.3, 0.4) is 0 Å². The Morgan fingerprint density at radius 2 is 1.88 bits per heavy atom. The lowest BCUT2D eigenvalue weighted by Gasteiger charge is -2.38. The van der Waals surface area contributed by atoms with Crippen LogP contribution in [0.5, 0.6) is 0 Å². The number of nitrogens with zero attached hydrogens (tertiary/aromatic N) is 4. The first-order valence-electron chi connectivity index (χ1n) is 5.27. The molecule has 1 aromatic rings. The zero-order valence-corrected chi connectivity index (χ0v) is 10.2. The number of hydrogen-bond acceptors (Lipinski definition) is 6. The number of nitrogen functional groups attached to an aromatic ring is 2. The summed E-state index contributed by atoms with van der Waals surface area (Å²) < 4.78 is 0. The molecule has 0 atom stereocenters. The van der Waals surface area contributed by atoms with Crippen molar-refractivity contribution in [1.82, 2.24) is 9.97 Å². The third-order valence-electron chi connectivity index (χ3n) is 2.46. The Bertz CT molecular complexity index is 511. The maximum absolute atomic E-state index is 5.81. The summed E-state index contributed by atoms with van der Waals surface area (Å²) in [5, 5.41) is 0. The van der Waals surface area contributed by atoms with E-state index in [0.717, 1.165) is 0 Å². The fourth-order valence-electron chi connectivity index (χ4n) is 1.81. The first kappa shape index (κ1) is 11.4. The molecule has 0 amide bonds. The molecule has 0 spiro atoms. The smallest absolute Gasteiger partial charge is 0.223 e. The van der Waals surface area contributed by atoms with Gasteiger partial charge in [0, 0.05) is 11.8 Å². The molecule has 0 bridgehead atoms. The molecular formula is C11H16N6. The van der Waals surface area contributed by atoms with Gasteiger partial charge in [0.1, 0.15) is 11.6 Å². The van der Waals surface area contributed by atoms with E-state index in [0.29, 0.717) is 23.0 Å². The number of anilines is 3. The molecule has 2 rings (SSSR count). The van der Waals surface area contributed by atoms with Crippen LogP contribution in [0.1, 0.15) is 26.3 Å². The molecule has 1 aliphatic rings. The maximum atomic E-state index is 5.81. The van der Waals surface area contributed by atoms with Gasteiger partial charge in [-0.25, -0.2) is 4.99 Å². The first-order valence-corrected chi connectivity index (χ1v) is 5.27. The Hall–Kier alpha value is -2.11. The van der Waals surface area contributed by atoms with Gasteiger partial charge in [-0.1, -0.05) is 6.58 Å². The van der Waals surface area contributed by atoms with Crippen molar-refractivity contribution in [2.75, 3.05) is 16.4 Å². The Morgan fingerprint density at radius 1 is 1.24 bits per heavy atom. The quantitative estimate of drug-likeness (QED) is 0.699. The largest absolute Gasteiger partial charge is 0.383 e. The second-order valence-electron chi connectivity index (χ2n) is 4.88. The van der Waals surface area contributed by atoms with E-state index in [1.807, 2.05) is 25.7 Å². The highest BCUT2D eigenvalue weighted by Gasteiger charge is 2.30. The molecular weight excluding hydrogens is 216 g/mol. The molecule has 1 aromatic heterocycles. The van der Waals surface area contributed by atoms with Crippen molar-refractivity contribution >= 4 is 23.8 Å². The van der Waals surface area contributed by atoms with Gasteiger partial charge in [-0.15, -0.1) is 0 Å². The molecule has 2 heterocycles. The highest BCUT2D eigenvalue weighted by atomic mass is 15.3. The highest BCUT2D eigenvalue weighted by Crippen LogP contribution is 2.34. The molecule has 0 saturated carbocycles. The molecule has 0 aromatic carbocycles. The van der Waals surface area contributed by atoms with Crippen LogP contribution in [0, 0.1) is 0 Å². The SMILES string of the molecule is C=C1N=Cc2c(N)nc(N)nc2N1C(C)(C)C. The first-order chi connectivity index (χ1) is 7.80. The molecule has 0 saturated heterocycles. The normalized spacial score (nSPS) is 15.0. The average Bonchev–Trinajstić information content (AvgIpc) is 2.13. The molecule has 6 heteroatoms. The lowest BCUT2D eigenvalue weighted by molar-refractivity contribution is 0.533. The van der Waals surface area contributed by atoms with Crippen molar-refractivity contribution in [1.29, 1.82) is 0 Å². The highest BCUT2D eigenvalue weighted by molar-refractivity contribution is 5.95. The van der Waals surface area contributed by atoms with Crippen molar-refractivity contribution in [2.24, 2.45) is 4.99 Å². The summed E-state index contributed by atoms with van der Waals surface area (Å²) in [5.74, 6) is 1.75. The van der Waals surface area contributed by atoms with E-state index in [-0.39, 0.29) is 11.5 Å². The van der Waals surface area contributed by atoms with Crippen molar-refractivity contribution in [3.8, 4) is 0 Å². The van der Waals surface area contributed by atoms with E-state index in [1.54, 1.807) is 6.21 Å². The van der Waals surface area contributed by atoms with Gasteiger partial charge in [-0.05, 0) is 20.8 Å². The van der Waals surface area contributed by atoms with E-state index in [2.05, 4.69) is 21.5 Å². The van der Waals surface area contributed by atoms with Crippen LogP contribution in [-0.2, 0) is 0 Å². The summed E-state index contributed by atoms with van der Waals surface area (Å²) in [5.41, 5.74) is 11.9. The second-order valence-corrected chi connectivity index (χ2v) is 4.88. The lowest BCUT2D eigenvalue weighted by Crippen LogP contribution is -2.42. The molecule has 6 nitrogen and oxygen atoms in total. The minimum Gasteiger partial charge on any atom is -0.383 e. The van der Waals surface area contributed by atoms with Crippen molar-refractivity contribution < 1.29 is 0 Å². The van der Waals surface area contributed by atoms with Gasteiger partial charge in [0.2, 0.25) is 5.95 Å². The number of rotatable bonds is 0. The summed E-state index contributed by atoms with van der Waals surface area (Å²) in [6.07, 6.45) is 1.62. The molecule has 4 N–H and O–H groups in total. The van der Waals surface area contributed by atoms with E-state index in [9.17, 15) is 0 Å². The molecule has 1 aliphatic heterocycles. The van der Waals surface area contributed by atoms with Crippen LogP contribution in [-0.4, -0.2) is 21.7 Å². The van der Waals surface area contributed by atoms with Crippen LogP contribution in [0.4, 0.5) is 17.6 Å². The van der Waals surface area contributed by atoms with Crippen molar-refractivity contribution in [3.63, 3.8) is 0 Å². The van der Waals surface area contributed by atoms with Crippen LogP contribution < -0.4 is 16.4 Å². The van der Waals surface area contributed by atoms with Gasteiger partial charge < -0.3 is 16.4 Å². The Kier molecular flexibility index (Phi) is 2.30. The number of aromatic nitrogens is 2. The molecule has 0 unspecified atom stereocenters. The van der Waals surface area contributed by atoms with Crippen LogP contribution in [0.15, 0.2) is 17.4 Å². The molecule has 0 fully saturated rings. The van der Waals surface area contributed by atoms with Gasteiger partial charge in [0.15, 0.2) is 5.82 Å². The summed E-state index contributed by atoms with van der Waals surface area (Å²) in [6.45, 7) is 10.0. The van der Waals surface area contributed by atoms with Crippen molar-refractivity contribution in [3.05, 3.63) is 18.0 Å². The zero-order valence-electron chi connectivity index (χ0n) is 10.2. The second kappa shape index (κ2) is 3.44.